The second-order valence-electron chi connectivity index (χ2n) is 4.01. The Hall–Kier alpha value is -2.42. The molecular weight excluding hydrogens is 224 g/mol. The van der Waals surface area contributed by atoms with Gasteiger partial charge >= 0.3 is 0 Å². The van der Waals surface area contributed by atoms with Crippen LogP contribution in [0.1, 0.15) is 11.1 Å². The second kappa shape index (κ2) is 5.27. The number of carbonyl (C=O) groups excluding carboxylic acids is 1. The number of hydrogen-bond donors (Lipinski definition) is 1. The minimum Gasteiger partial charge on any atom is -0.307 e. The number of nitrogens with one attached hydrogen (secondary N) is 1. The summed E-state index contributed by atoms with van der Waals surface area (Å²) >= 11 is 0. The van der Waals surface area contributed by atoms with E-state index in [1.54, 1.807) is 18.3 Å². The summed E-state index contributed by atoms with van der Waals surface area (Å²) in [6.07, 6.45) is 1.63. The van der Waals surface area contributed by atoms with Crippen molar-refractivity contribution in [1.29, 1.82) is 0 Å². The Labute approximate surface area is 106 Å². The third-order valence-electron chi connectivity index (χ3n) is 2.58. The summed E-state index contributed by atoms with van der Waals surface area (Å²) in [5.74, 6) is 0.285. The largest absolute Gasteiger partial charge is 0.307 e. The molecule has 1 aromatic carbocycles. The topological polar surface area (TPSA) is 42.0 Å². The van der Waals surface area contributed by atoms with Crippen LogP contribution in [0.15, 0.2) is 55.2 Å². The molecule has 3 nitrogen and oxygen atoms in total. The van der Waals surface area contributed by atoms with Gasteiger partial charge in [-0.2, -0.15) is 0 Å². The van der Waals surface area contributed by atoms with Crippen molar-refractivity contribution in [3.63, 3.8) is 0 Å². The zero-order valence-corrected chi connectivity index (χ0v) is 10.2. The maximum Gasteiger partial charge on any atom is 0.256 e. The maximum atomic E-state index is 11.9. The number of nitrogens with zero attached hydrogens (tertiary/aromatic N) is 1. The molecule has 0 unspecified atom stereocenters. The highest BCUT2D eigenvalue weighted by Gasteiger charge is 2.09. The zero-order valence-electron chi connectivity index (χ0n) is 10.2. The summed E-state index contributed by atoms with van der Waals surface area (Å²) in [6, 6.07) is 13.0. The van der Waals surface area contributed by atoms with Gasteiger partial charge in [0, 0.05) is 11.8 Å². The van der Waals surface area contributed by atoms with Crippen LogP contribution in [-0.2, 0) is 4.79 Å². The van der Waals surface area contributed by atoms with Crippen LogP contribution in [0.5, 0.6) is 0 Å². The number of amides is 1. The van der Waals surface area contributed by atoms with E-state index in [1.807, 2.05) is 37.3 Å². The van der Waals surface area contributed by atoms with Crippen LogP contribution in [0.3, 0.4) is 0 Å². The number of hydrogen-bond acceptors (Lipinski definition) is 2. The van der Waals surface area contributed by atoms with Gasteiger partial charge < -0.3 is 5.32 Å². The number of aromatic nitrogens is 1. The van der Waals surface area contributed by atoms with Gasteiger partial charge in [-0.3, -0.25) is 4.79 Å². The number of carbonyl (C=O) groups is 1. The fourth-order valence-electron chi connectivity index (χ4n) is 1.51. The highest BCUT2D eigenvalue weighted by atomic mass is 16.1. The molecule has 3 heteroatoms. The van der Waals surface area contributed by atoms with E-state index in [0.29, 0.717) is 11.4 Å². The van der Waals surface area contributed by atoms with Crippen LogP contribution in [0.2, 0.25) is 0 Å². The molecule has 1 aromatic heterocycles. The molecular formula is C15H14N2O. The normalized spacial score (nSPS) is 9.83. The summed E-state index contributed by atoms with van der Waals surface area (Å²) in [6.45, 7) is 5.81. The van der Waals surface area contributed by atoms with Crippen molar-refractivity contribution in [2.24, 2.45) is 0 Å². The molecule has 1 heterocycles. The second-order valence-corrected chi connectivity index (χ2v) is 4.01. The Kier molecular flexibility index (Phi) is 3.53. The SMILES string of the molecule is C=C(C(=O)Nc1ccccn1)c1ccc(C)cc1. The van der Waals surface area contributed by atoms with E-state index in [4.69, 9.17) is 0 Å². The molecule has 0 fully saturated rings. The van der Waals surface area contributed by atoms with Crippen LogP contribution >= 0.6 is 0 Å². The first-order valence-corrected chi connectivity index (χ1v) is 5.65. The first kappa shape index (κ1) is 12.0. The summed E-state index contributed by atoms with van der Waals surface area (Å²) < 4.78 is 0. The molecule has 0 radical (unpaired) electrons. The van der Waals surface area contributed by atoms with Gasteiger partial charge in [-0.15, -0.1) is 0 Å². The molecule has 0 aliphatic carbocycles. The molecule has 2 aromatic rings. The van der Waals surface area contributed by atoms with E-state index in [9.17, 15) is 4.79 Å². The van der Waals surface area contributed by atoms with Crippen LogP contribution in [0.25, 0.3) is 5.57 Å². The average Bonchev–Trinajstić information content (AvgIpc) is 2.40. The van der Waals surface area contributed by atoms with Crippen LogP contribution in [0, 0.1) is 6.92 Å². The minimum absolute atomic E-state index is 0.238. The Balaban J connectivity index is 2.10. The van der Waals surface area contributed by atoms with Crippen LogP contribution in [-0.4, -0.2) is 10.9 Å². The molecule has 0 bridgehead atoms. The predicted molar refractivity (Wildman–Crippen MR) is 73.1 cm³/mol. The van der Waals surface area contributed by atoms with E-state index in [-0.39, 0.29) is 5.91 Å². The van der Waals surface area contributed by atoms with Gasteiger partial charge in [0.05, 0.1) is 0 Å². The lowest BCUT2D eigenvalue weighted by Crippen LogP contribution is -2.13. The molecule has 18 heavy (non-hydrogen) atoms. The Morgan fingerprint density at radius 1 is 1.17 bits per heavy atom. The molecule has 0 saturated carbocycles. The average molecular weight is 238 g/mol. The van der Waals surface area contributed by atoms with Gasteiger partial charge in [0.25, 0.3) is 5.91 Å². The van der Waals surface area contributed by atoms with E-state index < -0.39 is 0 Å². The number of pyridine rings is 1. The Bertz CT molecular complexity index is 559. The van der Waals surface area contributed by atoms with Gasteiger partial charge in [-0.25, -0.2) is 4.98 Å². The molecule has 0 aliphatic heterocycles. The number of rotatable bonds is 3. The van der Waals surface area contributed by atoms with Crippen molar-refractivity contribution in [3.05, 3.63) is 66.4 Å². The van der Waals surface area contributed by atoms with Crippen molar-refractivity contribution in [2.45, 2.75) is 6.92 Å². The number of anilines is 1. The van der Waals surface area contributed by atoms with Gasteiger partial charge in [0.1, 0.15) is 5.82 Å². The van der Waals surface area contributed by atoms with Crippen LogP contribution in [0.4, 0.5) is 5.82 Å². The lowest BCUT2D eigenvalue weighted by Gasteiger charge is -2.07. The third-order valence-corrected chi connectivity index (χ3v) is 2.58. The van der Waals surface area contributed by atoms with Crippen molar-refractivity contribution in [3.8, 4) is 0 Å². The highest BCUT2D eigenvalue weighted by molar-refractivity contribution is 6.24. The summed E-state index contributed by atoms with van der Waals surface area (Å²) in [5.41, 5.74) is 2.39. The molecule has 0 saturated heterocycles. The smallest absolute Gasteiger partial charge is 0.256 e. The number of benzene rings is 1. The monoisotopic (exact) mass is 238 g/mol. The first-order valence-electron chi connectivity index (χ1n) is 5.65. The van der Waals surface area contributed by atoms with E-state index in [2.05, 4.69) is 16.9 Å². The molecule has 1 amide bonds. The Morgan fingerprint density at radius 2 is 1.89 bits per heavy atom. The van der Waals surface area contributed by atoms with Crippen LogP contribution < -0.4 is 5.32 Å². The van der Waals surface area contributed by atoms with Crippen molar-refractivity contribution < 1.29 is 4.79 Å². The Morgan fingerprint density at radius 3 is 2.50 bits per heavy atom. The third kappa shape index (κ3) is 2.83. The molecule has 0 aliphatic rings. The van der Waals surface area contributed by atoms with Crippen molar-refractivity contribution >= 4 is 17.3 Å². The van der Waals surface area contributed by atoms with Crippen molar-refractivity contribution in [1.82, 2.24) is 4.98 Å². The quantitative estimate of drug-likeness (QED) is 0.835. The standard InChI is InChI=1S/C15H14N2O/c1-11-6-8-13(9-7-11)12(2)15(18)17-14-5-3-4-10-16-14/h3-10H,2H2,1H3,(H,16,17,18). The zero-order chi connectivity index (χ0) is 13.0. The predicted octanol–water partition coefficient (Wildman–Crippen LogP) is 3.04. The molecule has 90 valence electrons. The lowest BCUT2D eigenvalue weighted by atomic mass is 10.1. The van der Waals surface area contributed by atoms with Crippen molar-refractivity contribution in [2.75, 3.05) is 5.32 Å². The van der Waals surface area contributed by atoms with E-state index in [0.717, 1.165) is 11.1 Å². The lowest BCUT2D eigenvalue weighted by molar-refractivity contribution is -0.111. The summed E-state index contributed by atoms with van der Waals surface area (Å²) in [4.78, 5) is 16.0. The van der Waals surface area contributed by atoms with Gasteiger partial charge in [0.2, 0.25) is 0 Å². The molecule has 1 N–H and O–H groups in total. The van der Waals surface area contributed by atoms with Gasteiger partial charge in [0.15, 0.2) is 0 Å². The summed E-state index contributed by atoms with van der Waals surface area (Å²) in [5, 5.41) is 2.71. The number of aryl methyl sites for hydroxylation is 1. The minimum atomic E-state index is -0.238. The van der Waals surface area contributed by atoms with Gasteiger partial charge in [-0.1, -0.05) is 42.5 Å². The summed E-state index contributed by atoms with van der Waals surface area (Å²) in [7, 11) is 0. The maximum absolute atomic E-state index is 11.9. The first-order chi connectivity index (χ1) is 8.66. The molecule has 0 spiro atoms. The van der Waals surface area contributed by atoms with E-state index in [1.165, 1.54) is 0 Å². The highest BCUT2D eigenvalue weighted by Crippen LogP contribution is 2.15. The molecule has 0 atom stereocenters. The van der Waals surface area contributed by atoms with Gasteiger partial charge in [-0.05, 0) is 24.6 Å². The fourth-order valence-corrected chi connectivity index (χ4v) is 1.51. The fraction of sp³-hybridized carbons (Fsp3) is 0.0667. The van der Waals surface area contributed by atoms with E-state index >= 15 is 0 Å². The molecule has 2 rings (SSSR count).